The molecule has 1 aliphatic heterocycles. The second kappa shape index (κ2) is 11.5. The molecule has 0 bridgehead atoms. The summed E-state index contributed by atoms with van der Waals surface area (Å²) in [6.45, 7) is 0.471. The molecule has 0 saturated carbocycles. The van der Waals surface area contributed by atoms with E-state index in [2.05, 4.69) is 15.0 Å². The van der Waals surface area contributed by atoms with Crippen molar-refractivity contribution >= 4 is 56.7 Å². The molecule has 1 fully saturated rings. The predicted octanol–water partition coefficient (Wildman–Crippen LogP) is 5.56. The van der Waals surface area contributed by atoms with E-state index >= 15 is 0 Å². The first-order valence-corrected chi connectivity index (χ1v) is 14.8. The van der Waals surface area contributed by atoms with Gasteiger partial charge in [-0.3, -0.25) is 14.3 Å². The highest BCUT2D eigenvalue weighted by molar-refractivity contribution is 8.00. The molecule has 2 amide bonds. The van der Waals surface area contributed by atoms with Crippen LogP contribution in [-0.2, 0) is 21.4 Å². The number of anilines is 2. The van der Waals surface area contributed by atoms with Crippen LogP contribution in [0.4, 0.5) is 11.5 Å². The number of hydrogen-bond donors (Lipinski definition) is 2. The number of hydrogen-bond acceptors (Lipinski definition) is 6. The minimum atomic E-state index is -3.82. The first kappa shape index (κ1) is 26.7. The Bertz CT molecular complexity index is 1580. The highest BCUT2D eigenvalue weighted by atomic mass is 35.5. The standard InChI is InChI=1S/C28H23ClN4O4S2/c29-22-10-4-19(5-11-22)17-33-26(34)18-38-28(33)21-8-6-20(7-9-21)27(35)31-23-12-14-24(15-13-23)39(36,37)32-25-3-1-2-16-30-25/h1-16,28H,17-18H2,(H,30,32)(H,31,35)/t28-/m1/s1. The van der Waals surface area contributed by atoms with E-state index in [1.165, 1.54) is 30.5 Å². The second-order valence-electron chi connectivity index (χ2n) is 8.73. The maximum atomic E-state index is 12.8. The zero-order valence-corrected chi connectivity index (χ0v) is 22.8. The Hall–Kier alpha value is -3.86. The Labute approximate surface area is 235 Å². The SMILES string of the molecule is O=C(Nc1ccc(S(=O)(=O)Nc2ccccn2)cc1)c1ccc([C@H]2SCC(=O)N2Cc2ccc(Cl)cc2)cc1. The van der Waals surface area contributed by atoms with Gasteiger partial charge < -0.3 is 10.2 Å². The fourth-order valence-corrected chi connectivity index (χ4v) is 6.35. The number of sulfonamides is 1. The van der Waals surface area contributed by atoms with Gasteiger partial charge in [0.1, 0.15) is 11.2 Å². The fraction of sp³-hybridized carbons (Fsp3) is 0.107. The molecular weight excluding hydrogens is 556 g/mol. The molecule has 4 aromatic rings. The van der Waals surface area contributed by atoms with Crippen molar-refractivity contribution < 1.29 is 18.0 Å². The molecule has 2 heterocycles. The van der Waals surface area contributed by atoms with E-state index in [0.29, 0.717) is 28.6 Å². The molecule has 0 unspecified atom stereocenters. The first-order valence-electron chi connectivity index (χ1n) is 11.9. The van der Waals surface area contributed by atoms with Gasteiger partial charge in [0.25, 0.3) is 15.9 Å². The lowest BCUT2D eigenvalue weighted by molar-refractivity contribution is -0.128. The quantitative estimate of drug-likeness (QED) is 0.283. The summed E-state index contributed by atoms with van der Waals surface area (Å²) in [4.78, 5) is 31.2. The van der Waals surface area contributed by atoms with Crippen LogP contribution in [0.1, 0.15) is 26.9 Å². The summed E-state index contributed by atoms with van der Waals surface area (Å²) in [5, 5.41) is 3.27. The number of nitrogens with one attached hydrogen (secondary N) is 2. The van der Waals surface area contributed by atoms with Gasteiger partial charge in [0.2, 0.25) is 5.91 Å². The number of rotatable bonds is 8. The van der Waals surface area contributed by atoms with Crippen LogP contribution in [0.15, 0.2) is 102 Å². The largest absolute Gasteiger partial charge is 0.322 e. The van der Waals surface area contributed by atoms with E-state index < -0.39 is 10.0 Å². The molecule has 3 aromatic carbocycles. The monoisotopic (exact) mass is 578 g/mol. The lowest BCUT2D eigenvalue weighted by Crippen LogP contribution is -2.27. The summed E-state index contributed by atoms with van der Waals surface area (Å²) in [6, 6.07) is 25.3. The van der Waals surface area contributed by atoms with Crippen LogP contribution in [-0.4, -0.2) is 35.9 Å². The lowest BCUT2D eigenvalue weighted by Gasteiger charge is -2.24. The average Bonchev–Trinajstić information content (AvgIpc) is 3.30. The number of halogens is 1. The van der Waals surface area contributed by atoms with Gasteiger partial charge in [-0.25, -0.2) is 13.4 Å². The number of nitrogens with zero attached hydrogens (tertiary/aromatic N) is 2. The smallest absolute Gasteiger partial charge is 0.263 e. The van der Waals surface area contributed by atoms with Crippen LogP contribution in [0.3, 0.4) is 0 Å². The van der Waals surface area contributed by atoms with Gasteiger partial charge in [-0.15, -0.1) is 11.8 Å². The van der Waals surface area contributed by atoms with Crippen LogP contribution in [0.2, 0.25) is 5.02 Å². The Balaban J connectivity index is 1.23. The van der Waals surface area contributed by atoms with Gasteiger partial charge >= 0.3 is 0 Å². The summed E-state index contributed by atoms with van der Waals surface area (Å²) >= 11 is 7.53. The van der Waals surface area contributed by atoms with Crippen molar-refractivity contribution in [2.75, 3.05) is 15.8 Å². The van der Waals surface area contributed by atoms with Crippen molar-refractivity contribution in [1.82, 2.24) is 9.88 Å². The van der Waals surface area contributed by atoms with Crippen LogP contribution in [0, 0.1) is 0 Å². The van der Waals surface area contributed by atoms with Gasteiger partial charge in [-0.05, 0) is 71.8 Å². The van der Waals surface area contributed by atoms with Gasteiger partial charge in [0, 0.05) is 29.0 Å². The third kappa shape index (κ3) is 6.42. The highest BCUT2D eigenvalue weighted by Crippen LogP contribution is 2.39. The maximum Gasteiger partial charge on any atom is 0.263 e. The number of pyridine rings is 1. The van der Waals surface area contributed by atoms with E-state index in [9.17, 15) is 18.0 Å². The van der Waals surface area contributed by atoms with Gasteiger partial charge in [0.15, 0.2) is 0 Å². The molecule has 1 saturated heterocycles. The van der Waals surface area contributed by atoms with Crippen molar-refractivity contribution in [3.63, 3.8) is 0 Å². The molecule has 1 aliphatic rings. The molecule has 5 rings (SSSR count). The molecule has 2 N–H and O–H groups in total. The first-order chi connectivity index (χ1) is 18.8. The van der Waals surface area contributed by atoms with E-state index in [1.54, 1.807) is 54.2 Å². The third-order valence-electron chi connectivity index (χ3n) is 6.02. The molecule has 11 heteroatoms. The second-order valence-corrected chi connectivity index (χ2v) is 11.9. The van der Waals surface area contributed by atoms with Gasteiger partial charge in [0.05, 0.1) is 10.6 Å². The van der Waals surface area contributed by atoms with Crippen molar-refractivity contribution in [2.24, 2.45) is 0 Å². The molecule has 0 spiro atoms. The molecule has 0 radical (unpaired) electrons. The molecular formula is C28H23ClN4O4S2. The summed E-state index contributed by atoms with van der Waals surface area (Å²) < 4.78 is 27.6. The van der Waals surface area contributed by atoms with Gasteiger partial charge in [-0.1, -0.05) is 41.9 Å². The third-order valence-corrected chi connectivity index (χ3v) is 8.90. The summed E-state index contributed by atoms with van der Waals surface area (Å²) in [5.74, 6) is 0.329. The topological polar surface area (TPSA) is 108 Å². The number of benzene rings is 3. The molecule has 198 valence electrons. The predicted molar refractivity (Wildman–Crippen MR) is 153 cm³/mol. The number of thioether (sulfide) groups is 1. The minimum absolute atomic E-state index is 0.0438. The number of carbonyl (C=O) groups excluding carboxylic acids is 2. The Morgan fingerprint density at radius 2 is 1.69 bits per heavy atom. The number of aromatic nitrogens is 1. The van der Waals surface area contributed by atoms with Crippen molar-refractivity contribution in [3.05, 3.63) is 119 Å². The average molecular weight is 579 g/mol. The summed E-state index contributed by atoms with van der Waals surface area (Å²) in [5.41, 5.74) is 2.80. The summed E-state index contributed by atoms with van der Waals surface area (Å²) in [6.07, 6.45) is 1.49. The maximum absolute atomic E-state index is 12.8. The number of amides is 2. The molecule has 1 atom stereocenters. The van der Waals surface area contributed by atoms with Crippen LogP contribution in [0.25, 0.3) is 0 Å². The normalized spacial score (nSPS) is 15.3. The Kier molecular flexibility index (Phi) is 7.87. The van der Waals surface area contributed by atoms with Crippen molar-refractivity contribution in [2.45, 2.75) is 16.8 Å². The number of carbonyl (C=O) groups is 2. The van der Waals surface area contributed by atoms with E-state index in [-0.39, 0.29) is 27.9 Å². The Morgan fingerprint density at radius 3 is 2.36 bits per heavy atom. The van der Waals surface area contributed by atoms with Crippen molar-refractivity contribution in [1.29, 1.82) is 0 Å². The molecule has 8 nitrogen and oxygen atoms in total. The van der Waals surface area contributed by atoms with E-state index in [1.807, 2.05) is 29.2 Å². The fourth-order valence-electron chi connectivity index (χ4n) is 4.03. The minimum Gasteiger partial charge on any atom is -0.322 e. The highest BCUT2D eigenvalue weighted by Gasteiger charge is 2.32. The Morgan fingerprint density at radius 1 is 0.974 bits per heavy atom. The lowest BCUT2D eigenvalue weighted by atomic mass is 10.1. The molecule has 0 aliphatic carbocycles. The van der Waals surface area contributed by atoms with E-state index in [4.69, 9.17) is 11.6 Å². The molecule has 39 heavy (non-hydrogen) atoms. The van der Waals surface area contributed by atoms with E-state index in [0.717, 1.165) is 11.1 Å². The van der Waals surface area contributed by atoms with Crippen LogP contribution >= 0.6 is 23.4 Å². The zero-order valence-electron chi connectivity index (χ0n) is 20.5. The van der Waals surface area contributed by atoms with Gasteiger partial charge in [-0.2, -0.15) is 0 Å². The zero-order chi connectivity index (χ0) is 27.4. The molecule has 1 aromatic heterocycles. The van der Waals surface area contributed by atoms with Crippen molar-refractivity contribution in [3.8, 4) is 0 Å². The van der Waals surface area contributed by atoms with Crippen LogP contribution < -0.4 is 10.0 Å². The summed E-state index contributed by atoms with van der Waals surface area (Å²) in [7, 11) is -3.82. The van der Waals surface area contributed by atoms with Crippen LogP contribution in [0.5, 0.6) is 0 Å².